The highest BCUT2D eigenvalue weighted by atomic mass is 19.4. The minimum absolute atomic E-state index is 0.0245. The van der Waals surface area contributed by atoms with Gasteiger partial charge in [-0.15, -0.1) is 0 Å². The van der Waals surface area contributed by atoms with Crippen LogP contribution >= 0.6 is 0 Å². The molecule has 3 heterocycles. The maximum Gasteiger partial charge on any atom is 0.406 e. The van der Waals surface area contributed by atoms with Crippen molar-refractivity contribution in [3.63, 3.8) is 0 Å². The number of hydrogen-bond donors (Lipinski definition) is 5. The molecule has 322 valence electrons. The molecule has 1 fully saturated rings. The van der Waals surface area contributed by atoms with Gasteiger partial charge in [-0.05, 0) is 99.3 Å². The largest absolute Gasteiger partial charge is 0.493 e. The molecule has 2 aliphatic heterocycles. The third-order valence-corrected chi connectivity index (χ3v) is 11.0. The zero-order valence-electron chi connectivity index (χ0n) is 34.9. The molecule has 0 saturated carbocycles. The molecule has 0 bridgehead atoms. The van der Waals surface area contributed by atoms with Gasteiger partial charge in [0.25, 0.3) is 5.91 Å². The zero-order chi connectivity index (χ0) is 43.0. The van der Waals surface area contributed by atoms with Crippen LogP contribution in [0.1, 0.15) is 54.7 Å². The molecule has 0 radical (unpaired) electrons. The standard InChI is InChI=1S/C45H56F3N7O5/c1-29(2)42-44(58)52-33(27-56)23-30-12-14-35(26-40(30)54(42)5)59-21-8-22-60-41-24-31(43(57)49-3)13-15-38(41)50-18-7-9-34-25-36-37(51-32-16-19-53(4)20-17-32)10-6-11-39(36)55(34)28-45(46,47)48/h6,10-15,24-26,29,32-33,42,50-51,56H,8,16-23,27-28H2,1-5H3,(H,49,57)(H,52,58)/t33-,42-/m0/s1. The first-order valence-corrected chi connectivity index (χ1v) is 20.5. The number of ether oxygens (including phenoxy) is 2. The molecular formula is C45H56F3N7O5. The Bertz CT molecular complexity index is 2190. The van der Waals surface area contributed by atoms with Crippen LogP contribution in [-0.4, -0.2) is 111 Å². The highest BCUT2D eigenvalue weighted by Gasteiger charge is 2.33. The minimum Gasteiger partial charge on any atom is -0.493 e. The average molecular weight is 832 g/mol. The van der Waals surface area contributed by atoms with E-state index in [0.29, 0.717) is 53.1 Å². The molecule has 60 heavy (non-hydrogen) atoms. The number of aliphatic hydroxyl groups is 1. The second kappa shape index (κ2) is 19.6. The van der Waals surface area contributed by atoms with Crippen molar-refractivity contribution in [1.29, 1.82) is 0 Å². The highest BCUT2D eigenvalue weighted by Crippen LogP contribution is 2.33. The summed E-state index contributed by atoms with van der Waals surface area (Å²) in [5.41, 5.74) is 4.32. The van der Waals surface area contributed by atoms with E-state index >= 15 is 0 Å². The molecule has 2 amide bonds. The Balaban J connectivity index is 1.12. The number of anilines is 3. The Hall–Kier alpha value is -5.59. The number of hydrogen-bond acceptors (Lipinski definition) is 9. The summed E-state index contributed by atoms with van der Waals surface area (Å²) in [6.07, 6.45) is -1.57. The SMILES string of the molecule is CNC(=O)c1ccc(NCC#Cc2cc3c(NC4CCN(C)CC4)cccc3n2CC(F)(F)F)c(OCCCOc2ccc3c(c2)N(C)[C@@H](C(C)C)C(=O)N[C@H](CO)C3)c1. The van der Waals surface area contributed by atoms with Crippen LogP contribution in [-0.2, 0) is 17.8 Å². The van der Waals surface area contributed by atoms with Crippen molar-refractivity contribution in [3.05, 3.63) is 77.5 Å². The molecule has 0 unspecified atom stereocenters. The topological polar surface area (TPSA) is 132 Å². The second-order valence-corrected chi connectivity index (χ2v) is 15.9. The fourth-order valence-electron chi connectivity index (χ4n) is 7.94. The maximum absolute atomic E-state index is 13.8. The smallest absolute Gasteiger partial charge is 0.406 e. The molecule has 6 rings (SSSR count). The summed E-state index contributed by atoms with van der Waals surface area (Å²) < 4.78 is 55.0. The summed E-state index contributed by atoms with van der Waals surface area (Å²) >= 11 is 0. The first-order chi connectivity index (χ1) is 28.7. The number of likely N-dealkylation sites (N-methyl/N-ethyl adjacent to an activating group) is 1. The van der Waals surface area contributed by atoms with Crippen LogP contribution in [0.4, 0.5) is 30.2 Å². The van der Waals surface area contributed by atoms with Crippen LogP contribution < -0.4 is 35.6 Å². The third kappa shape index (κ3) is 11.0. The molecule has 5 N–H and O–H groups in total. The van der Waals surface area contributed by atoms with Crippen molar-refractivity contribution in [2.24, 2.45) is 5.92 Å². The lowest BCUT2D eigenvalue weighted by atomic mass is 9.95. The van der Waals surface area contributed by atoms with Crippen molar-refractivity contribution in [2.75, 3.05) is 76.1 Å². The number of likely N-dealkylation sites (tertiary alicyclic amines) is 1. The number of alkyl halides is 3. The summed E-state index contributed by atoms with van der Waals surface area (Å²) in [5.74, 6) is 6.61. The fraction of sp³-hybridized carbons (Fsp3) is 0.467. The first kappa shape index (κ1) is 44.0. The van der Waals surface area contributed by atoms with E-state index in [1.165, 1.54) is 11.6 Å². The van der Waals surface area contributed by atoms with Gasteiger partial charge < -0.3 is 50.2 Å². The van der Waals surface area contributed by atoms with Gasteiger partial charge in [0.2, 0.25) is 5.91 Å². The zero-order valence-corrected chi connectivity index (χ0v) is 34.9. The third-order valence-electron chi connectivity index (χ3n) is 11.0. The Labute approximate surface area is 349 Å². The van der Waals surface area contributed by atoms with Gasteiger partial charge in [0, 0.05) is 54.9 Å². The predicted molar refractivity (Wildman–Crippen MR) is 229 cm³/mol. The van der Waals surface area contributed by atoms with E-state index in [4.69, 9.17) is 9.47 Å². The van der Waals surface area contributed by atoms with Gasteiger partial charge >= 0.3 is 6.18 Å². The quantitative estimate of drug-likeness (QED) is 0.0782. The van der Waals surface area contributed by atoms with Gasteiger partial charge in [0.15, 0.2) is 0 Å². The molecule has 4 aromatic rings. The number of halogens is 3. The van der Waals surface area contributed by atoms with Crippen LogP contribution in [0.15, 0.2) is 60.7 Å². The molecule has 0 spiro atoms. The van der Waals surface area contributed by atoms with Gasteiger partial charge in [-0.1, -0.05) is 31.9 Å². The van der Waals surface area contributed by atoms with Crippen LogP contribution in [0.25, 0.3) is 10.9 Å². The highest BCUT2D eigenvalue weighted by molar-refractivity contribution is 5.95. The number of fused-ring (bicyclic) bond motifs is 2. The molecule has 3 aromatic carbocycles. The Morgan fingerprint density at radius 3 is 2.50 bits per heavy atom. The summed E-state index contributed by atoms with van der Waals surface area (Å²) in [5, 5.41) is 23.0. The predicted octanol–water partition coefficient (Wildman–Crippen LogP) is 5.87. The van der Waals surface area contributed by atoms with Crippen LogP contribution in [0.5, 0.6) is 11.5 Å². The van der Waals surface area contributed by atoms with Gasteiger partial charge in [0.1, 0.15) is 24.1 Å². The van der Waals surface area contributed by atoms with Gasteiger partial charge in [-0.25, -0.2) is 0 Å². The Morgan fingerprint density at radius 2 is 1.78 bits per heavy atom. The molecular weight excluding hydrogens is 776 g/mol. The second-order valence-electron chi connectivity index (χ2n) is 15.9. The van der Waals surface area contributed by atoms with E-state index in [1.807, 2.05) is 50.1 Å². The molecule has 12 nitrogen and oxygen atoms in total. The molecule has 2 atom stereocenters. The number of aromatic nitrogens is 1. The van der Waals surface area contributed by atoms with E-state index in [9.17, 15) is 27.9 Å². The normalized spacial score (nSPS) is 17.6. The number of amides is 2. The van der Waals surface area contributed by atoms with E-state index < -0.39 is 18.8 Å². The molecule has 15 heteroatoms. The van der Waals surface area contributed by atoms with E-state index in [0.717, 1.165) is 42.9 Å². The molecule has 1 saturated heterocycles. The number of carbonyl (C=O) groups excluding carboxylic acids is 2. The summed E-state index contributed by atoms with van der Waals surface area (Å²) in [4.78, 5) is 29.8. The van der Waals surface area contributed by atoms with Crippen LogP contribution in [0, 0.1) is 17.8 Å². The average Bonchev–Trinajstić information content (AvgIpc) is 3.55. The van der Waals surface area contributed by atoms with E-state index in [-0.39, 0.29) is 55.3 Å². The molecule has 2 aliphatic rings. The lowest BCUT2D eigenvalue weighted by molar-refractivity contribution is -0.140. The van der Waals surface area contributed by atoms with Crippen LogP contribution in [0.2, 0.25) is 0 Å². The number of nitrogens with one attached hydrogen (secondary N) is 4. The van der Waals surface area contributed by atoms with Crippen molar-refractivity contribution in [1.82, 2.24) is 20.1 Å². The van der Waals surface area contributed by atoms with Crippen molar-refractivity contribution in [2.45, 2.75) is 70.4 Å². The maximum atomic E-state index is 13.8. The van der Waals surface area contributed by atoms with Gasteiger partial charge in [-0.3, -0.25) is 9.59 Å². The molecule has 1 aromatic heterocycles. The Morgan fingerprint density at radius 1 is 1.02 bits per heavy atom. The summed E-state index contributed by atoms with van der Waals surface area (Å²) in [7, 11) is 5.51. The number of carbonyl (C=O) groups is 2. The van der Waals surface area contributed by atoms with Crippen molar-refractivity contribution < 1.29 is 37.3 Å². The monoisotopic (exact) mass is 831 g/mol. The fourth-order valence-corrected chi connectivity index (χ4v) is 7.94. The van der Waals surface area contributed by atoms with Crippen molar-refractivity contribution >= 4 is 39.8 Å². The van der Waals surface area contributed by atoms with Crippen LogP contribution in [0.3, 0.4) is 0 Å². The number of nitrogens with zero attached hydrogens (tertiary/aromatic N) is 3. The van der Waals surface area contributed by atoms with Gasteiger partial charge in [-0.2, -0.15) is 13.2 Å². The Kier molecular flexibility index (Phi) is 14.4. The number of benzene rings is 3. The lowest BCUT2D eigenvalue weighted by Gasteiger charge is -2.37. The molecule has 0 aliphatic carbocycles. The van der Waals surface area contributed by atoms with Crippen molar-refractivity contribution in [3.8, 4) is 23.3 Å². The lowest BCUT2D eigenvalue weighted by Crippen LogP contribution is -2.54. The number of piperidine rings is 1. The summed E-state index contributed by atoms with van der Waals surface area (Å²) in [6.45, 7) is 5.22. The van der Waals surface area contributed by atoms with E-state index in [2.05, 4.69) is 45.1 Å². The van der Waals surface area contributed by atoms with Gasteiger partial charge in [0.05, 0.1) is 49.3 Å². The first-order valence-electron chi connectivity index (χ1n) is 20.5. The van der Waals surface area contributed by atoms with E-state index in [1.54, 1.807) is 36.4 Å². The minimum atomic E-state index is -4.44. The number of rotatable bonds is 14. The number of aliphatic hydroxyl groups excluding tert-OH is 1. The summed E-state index contributed by atoms with van der Waals surface area (Å²) in [6, 6.07) is 17.3.